The number of rotatable bonds is 6. The summed E-state index contributed by atoms with van der Waals surface area (Å²) in [5, 5.41) is 12.5. The molecule has 3 rings (SSSR count). The Bertz CT molecular complexity index is 1050. The lowest BCUT2D eigenvalue weighted by molar-refractivity contribution is -0.122. The fourth-order valence-corrected chi connectivity index (χ4v) is 3.62. The van der Waals surface area contributed by atoms with E-state index in [0.29, 0.717) is 34.4 Å². The maximum atomic E-state index is 12.4. The van der Waals surface area contributed by atoms with Gasteiger partial charge < -0.3 is 14.8 Å². The zero-order chi connectivity index (χ0) is 21.0. The van der Waals surface area contributed by atoms with E-state index in [0.717, 1.165) is 15.6 Å². The highest BCUT2D eigenvalue weighted by atomic mass is 79.9. The van der Waals surface area contributed by atoms with Crippen LogP contribution < -0.4 is 14.8 Å². The average molecular weight is 472 g/mol. The van der Waals surface area contributed by atoms with Gasteiger partial charge >= 0.3 is 0 Å². The molecule has 29 heavy (non-hydrogen) atoms. The van der Waals surface area contributed by atoms with Crippen LogP contribution in [0.25, 0.3) is 6.08 Å². The fraction of sp³-hybridized carbons (Fsp3) is 0.190. The molecule has 1 amide bonds. The van der Waals surface area contributed by atoms with Crippen LogP contribution in [-0.4, -0.2) is 29.6 Å². The zero-order valence-corrected chi connectivity index (χ0v) is 18.3. The number of carbonyl (C=O) groups is 1. The number of nitrogens with zero attached hydrogens (tertiary/aromatic N) is 2. The van der Waals surface area contributed by atoms with Crippen molar-refractivity contribution in [3.05, 3.63) is 63.3 Å². The van der Waals surface area contributed by atoms with Crippen molar-refractivity contribution in [3.8, 4) is 17.6 Å². The van der Waals surface area contributed by atoms with E-state index in [4.69, 9.17) is 21.7 Å². The first-order valence-electron chi connectivity index (χ1n) is 8.81. The summed E-state index contributed by atoms with van der Waals surface area (Å²) in [7, 11) is 1.54. The molecule has 1 saturated heterocycles. The molecule has 1 fully saturated rings. The van der Waals surface area contributed by atoms with Crippen LogP contribution in [0.3, 0.4) is 0 Å². The summed E-state index contributed by atoms with van der Waals surface area (Å²) in [6.45, 7) is 2.60. The highest BCUT2D eigenvalue weighted by Gasteiger charge is 2.29. The van der Waals surface area contributed by atoms with Crippen LogP contribution in [0.5, 0.6) is 11.5 Å². The van der Waals surface area contributed by atoms with Gasteiger partial charge in [-0.15, -0.1) is 0 Å². The summed E-state index contributed by atoms with van der Waals surface area (Å²) in [6, 6.07) is 13.0. The molecule has 0 atom stereocenters. The third-order valence-corrected chi connectivity index (χ3v) is 5.39. The summed E-state index contributed by atoms with van der Waals surface area (Å²) >= 11 is 8.71. The third-order valence-electron chi connectivity index (χ3n) is 4.38. The van der Waals surface area contributed by atoms with Gasteiger partial charge in [-0.25, -0.2) is 0 Å². The minimum absolute atomic E-state index is 0.170. The minimum Gasteiger partial charge on any atom is -0.493 e. The summed E-state index contributed by atoms with van der Waals surface area (Å²) in [5.74, 6) is 0.859. The molecule has 6 nitrogen and oxygen atoms in total. The molecule has 1 aliphatic rings. The second kappa shape index (κ2) is 9.07. The first kappa shape index (κ1) is 20.8. The number of carbonyl (C=O) groups excluding carboxylic acids is 1. The Balaban J connectivity index is 1.87. The Kier molecular flexibility index (Phi) is 6.52. The van der Waals surface area contributed by atoms with E-state index >= 15 is 0 Å². The number of methoxy groups -OCH3 is 1. The van der Waals surface area contributed by atoms with Crippen LogP contribution in [0.4, 0.5) is 0 Å². The van der Waals surface area contributed by atoms with E-state index in [9.17, 15) is 10.1 Å². The maximum Gasteiger partial charge on any atom is 0.276 e. The Morgan fingerprint density at radius 2 is 2.07 bits per heavy atom. The minimum atomic E-state index is -0.170. The van der Waals surface area contributed by atoms with E-state index in [2.05, 4.69) is 27.3 Å². The van der Waals surface area contributed by atoms with Crippen LogP contribution in [0.1, 0.15) is 23.6 Å². The van der Waals surface area contributed by atoms with Gasteiger partial charge in [0.15, 0.2) is 16.6 Å². The number of halogens is 1. The molecule has 2 aromatic carbocycles. The molecule has 0 aliphatic carbocycles. The van der Waals surface area contributed by atoms with Gasteiger partial charge in [0.2, 0.25) is 0 Å². The number of thiocarbonyl (C=S) groups is 1. The molecule has 0 spiro atoms. The van der Waals surface area contributed by atoms with E-state index < -0.39 is 0 Å². The predicted octanol–water partition coefficient (Wildman–Crippen LogP) is 3.99. The van der Waals surface area contributed by atoms with Crippen LogP contribution in [-0.2, 0) is 11.4 Å². The molecule has 1 aliphatic heterocycles. The van der Waals surface area contributed by atoms with Gasteiger partial charge in [-0.3, -0.25) is 9.69 Å². The quantitative estimate of drug-likeness (QED) is 0.507. The molecule has 0 aromatic heterocycles. The Morgan fingerprint density at radius 3 is 2.72 bits per heavy atom. The topological polar surface area (TPSA) is 74.6 Å². The lowest BCUT2D eigenvalue weighted by atomic mass is 10.1. The van der Waals surface area contributed by atoms with Crippen LogP contribution >= 0.6 is 28.1 Å². The molecule has 2 aromatic rings. The van der Waals surface area contributed by atoms with Gasteiger partial charge in [-0.05, 0) is 49.0 Å². The second-order valence-electron chi connectivity index (χ2n) is 6.12. The molecule has 0 unspecified atom stereocenters. The zero-order valence-electron chi connectivity index (χ0n) is 15.9. The molecular weight excluding hydrogens is 454 g/mol. The highest BCUT2D eigenvalue weighted by molar-refractivity contribution is 9.10. The number of nitriles is 1. The first-order chi connectivity index (χ1) is 14.0. The number of amides is 1. The molecular formula is C21H18BrN3O3S. The van der Waals surface area contributed by atoms with Gasteiger partial charge in [0, 0.05) is 16.6 Å². The van der Waals surface area contributed by atoms with Crippen molar-refractivity contribution in [1.82, 2.24) is 10.2 Å². The number of ether oxygens (including phenoxy) is 2. The highest BCUT2D eigenvalue weighted by Crippen LogP contribution is 2.35. The van der Waals surface area contributed by atoms with Crippen molar-refractivity contribution in [2.24, 2.45) is 0 Å². The number of hydrogen-bond acceptors (Lipinski definition) is 5. The molecule has 0 bridgehead atoms. The second-order valence-corrected chi connectivity index (χ2v) is 7.36. The molecule has 8 heteroatoms. The van der Waals surface area contributed by atoms with Crippen molar-refractivity contribution < 1.29 is 14.3 Å². The van der Waals surface area contributed by atoms with Crippen molar-refractivity contribution in [2.45, 2.75) is 13.5 Å². The summed E-state index contributed by atoms with van der Waals surface area (Å²) < 4.78 is 12.1. The third kappa shape index (κ3) is 4.42. The van der Waals surface area contributed by atoms with Crippen LogP contribution in [0.15, 0.2) is 46.6 Å². The smallest absolute Gasteiger partial charge is 0.276 e. The monoisotopic (exact) mass is 471 g/mol. The summed E-state index contributed by atoms with van der Waals surface area (Å²) in [6.07, 6.45) is 1.71. The van der Waals surface area contributed by atoms with Gasteiger partial charge in [-0.2, -0.15) is 5.26 Å². The molecule has 0 radical (unpaired) electrons. The van der Waals surface area contributed by atoms with Crippen LogP contribution in [0, 0.1) is 11.3 Å². The number of nitrogens with one attached hydrogen (secondary N) is 1. The number of likely N-dealkylation sites (N-methyl/N-ethyl adjacent to an activating group) is 1. The average Bonchev–Trinajstić information content (AvgIpc) is 3.00. The van der Waals surface area contributed by atoms with Crippen LogP contribution in [0.2, 0.25) is 0 Å². The van der Waals surface area contributed by atoms with E-state index in [1.165, 1.54) is 4.90 Å². The molecule has 0 saturated carbocycles. The van der Waals surface area contributed by atoms with Gasteiger partial charge in [-0.1, -0.05) is 34.1 Å². The number of benzene rings is 2. The largest absolute Gasteiger partial charge is 0.493 e. The van der Waals surface area contributed by atoms with Crippen molar-refractivity contribution >= 4 is 45.2 Å². The van der Waals surface area contributed by atoms with Crippen molar-refractivity contribution in [1.29, 1.82) is 5.26 Å². The molecule has 148 valence electrons. The van der Waals surface area contributed by atoms with E-state index in [1.54, 1.807) is 31.4 Å². The lowest BCUT2D eigenvalue weighted by Gasteiger charge is -2.13. The normalized spacial score (nSPS) is 14.7. The lowest BCUT2D eigenvalue weighted by Crippen LogP contribution is -2.30. The van der Waals surface area contributed by atoms with Gasteiger partial charge in [0.1, 0.15) is 12.3 Å². The Labute approximate surface area is 182 Å². The Hall–Kier alpha value is -2.89. The van der Waals surface area contributed by atoms with Crippen molar-refractivity contribution in [3.63, 3.8) is 0 Å². The van der Waals surface area contributed by atoms with E-state index in [1.807, 2.05) is 25.1 Å². The van der Waals surface area contributed by atoms with Gasteiger partial charge in [0.25, 0.3) is 5.91 Å². The van der Waals surface area contributed by atoms with E-state index in [-0.39, 0.29) is 12.5 Å². The first-order valence-corrected chi connectivity index (χ1v) is 10.0. The SMILES string of the molecule is CCN1C(=O)/C(=C/c2cc(OC)c(OCc3ccccc3C#N)cc2Br)NC1=S. The predicted molar refractivity (Wildman–Crippen MR) is 117 cm³/mol. The van der Waals surface area contributed by atoms with Crippen molar-refractivity contribution in [2.75, 3.05) is 13.7 Å². The molecule has 1 heterocycles. The summed E-state index contributed by atoms with van der Waals surface area (Å²) in [5.41, 5.74) is 2.49. The maximum absolute atomic E-state index is 12.4. The fourth-order valence-electron chi connectivity index (χ4n) is 2.86. The standard InChI is InChI=1S/C21H18BrN3O3S/c1-3-25-20(26)17(24-21(25)29)8-15-9-18(27-2)19(10-16(15)22)28-12-14-7-5-4-6-13(14)11-23/h4-10H,3,12H2,1-2H3,(H,24,29)/b17-8-. The number of hydrogen-bond donors (Lipinski definition) is 1. The molecule has 1 N–H and O–H groups in total. The van der Waals surface area contributed by atoms with Gasteiger partial charge in [0.05, 0.1) is 18.7 Å². The summed E-state index contributed by atoms with van der Waals surface area (Å²) in [4.78, 5) is 13.9. The Morgan fingerprint density at radius 1 is 1.31 bits per heavy atom.